The molecule has 0 saturated heterocycles. The summed E-state index contributed by atoms with van der Waals surface area (Å²) < 4.78 is 12.3. The largest absolute Gasteiger partial charge is 0.497 e. The SMILES string of the molecule is CCn1nc(C)cc1CC(=O)c1cc(OC)ccc1OC. The molecule has 0 aliphatic heterocycles. The minimum Gasteiger partial charge on any atom is -0.497 e. The van der Waals surface area contributed by atoms with Crippen molar-refractivity contribution in [1.29, 1.82) is 0 Å². The smallest absolute Gasteiger partial charge is 0.172 e. The zero-order valence-electron chi connectivity index (χ0n) is 12.8. The number of aryl methyl sites for hydroxylation is 2. The van der Waals surface area contributed by atoms with E-state index in [1.54, 1.807) is 32.4 Å². The van der Waals surface area contributed by atoms with E-state index in [2.05, 4.69) is 5.10 Å². The molecule has 1 aromatic carbocycles. The van der Waals surface area contributed by atoms with E-state index < -0.39 is 0 Å². The van der Waals surface area contributed by atoms with Gasteiger partial charge < -0.3 is 9.47 Å². The van der Waals surface area contributed by atoms with Crippen LogP contribution in [0.3, 0.4) is 0 Å². The molecule has 2 rings (SSSR count). The first-order valence-corrected chi connectivity index (χ1v) is 6.87. The van der Waals surface area contributed by atoms with Gasteiger partial charge in [-0.3, -0.25) is 9.48 Å². The van der Waals surface area contributed by atoms with E-state index in [1.807, 2.05) is 24.6 Å². The Kier molecular flexibility index (Phi) is 4.62. The quantitative estimate of drug-likeness (QED) is 0.767. The van der Waals surface area contributed by atoms with E-state index in [0.717, 1.165) is 17.9 Å². The Morgan fingerprint density at radius 3 is 2.62 bits per heavy atom. The molecule has 0 unspecified atom stereocenters. The van der Waals surface area contributed by atoms with Gasteiger partial charge >= 0.3 is 0 Å². The normalized spacial score (nSPS) is 10.5. The summed E-state index contributed by atoms with van der Waals surface area (Å²) in [4.78, 5) is 12.6. The number of ether oxygens (including phenoxy) is 2. The lowest BCUT2D eigenvalue weighted by molar-refractivity contribution is 0.0987. The first kappa shape index (κ1) is 15.1. The van der Waals surface area contributed by atoms with Gasteiger partial charge in [0.1, 0.15) is 11.5 Å². The Morgan fingerprint density at radius 2 is 2.00 bits per heavy atom. The third kappa shape index (κ3) is 3.24. The van der Waals surface area contributed by atoms with Gasteiger partial charge in [-0.2, -0.15) is 5.10 Å². The van der Waals surface area contributed by atoms with Crippen LogP contribution in [0.15, 0.2) is 24.3 Å². The number of carbonyl (C=O) groups is 1. The number of hydrogen-bond acceptors (Lipinski definition) is 4. The molecule has 0 aliphatic carbocycles. The van der Waals surface area contributed by atoms with Crippen LogP contribution in [0.25, 0.3) is 0 Å². The van der Waals surface area contributed by atoms with E-state index in [4.69, 9.17) is 9.47 Å². The molecule has 21 heavy (non-hydrogen) atoms. The maximum absolute atomic E-state index is 12.6. The first-order valence-electron chi connectivity index (χ1n) is 6.87. The molecule has 0 N–H and O–H groups in total. The van der Waals surface area contributed by atoms with Crippen molar-refractivity contribution in [3.05, 3.63) is 41.2 Å². The average molecular weight is 288 g/mol. The van der Waals surface area contributed by atoms with Crippen molar-refractivity contribution in [2.24, 2.45) is 0 Å². The predicted octanol–water partition coefficient (Wildman–Crippen LogP) is 2.65. The molecule has 1 heterocycles. The highest BCUT2D eigenvalue weighted by Gasteiger charge is 2.16. The molecule has 0 amide bonds. The van der Waals surface area contributed by atoms with E-state index in [0.29, 0.717) is 17.1 Å². The van der Waals surface area contributed by atoms with Gasteiger partial charge in [-0.05, 0) is 38.1 Å². The van der Waals surface area contributed by atoms with Crippen molar-refractivity contribution in [1.82, 2.24) is 9.78 Å². The number of Topliss-reactive ketones (excluding diaryl/α,β-unsaturated/α-hetero) is 1. The highest BCUT2D eigenvalue weighted by molar-refractivity contribution is 6.00. The maximum atomic E-state index is 12.6. The second-order valence-electron chi connectivity index (χ2n) is 4.76. The molecule has 0 saturated carbocycles. The zero-order chi connectivity index (χ0) is 15.4. The minimum atomic E-state index is -0.0136. The van der Waals surface area contributed by atoms with Crippen LogP contribution in [0.1, 0.15) is 28.7 Å². The summed E-state index contributed by atoms with van der Waals surface area (Å²) in [5, 5.41) is 4.36. The van der Waals surface area contributed by atoms with Crippen LogP contribution >= 0.6 is 0 Å². The highest BCUT2D eigenvalue weighted by Crippen LogP contribution is 2.25. The fourth-order valence-electron chi connectivity index (χ4n) is 2.31. The van der Waals surface area contributed by atoms with Gasteiger partial charge in [-0.15, -0.1) is 0 Å². The Morgan fingerprint density at radius 1 is 1.24 bits per heavy atom. The molecule has 0 bridgehead atoms. The van der Waals surface area contributed by atoms with Crippen LogP contribution in [0, 0.1) is 6.92 Å². The summed E-state index contributed by atoms with van der Waals surface area (Å²) in [6.45, 7) is 4.67. The van der Waals surface area contributed by atoms with E-state index in [-0.39, 0.29) is 12.2 Å². The van der Waals surface area contributed by atoms with Gasteiger partial charge in [0, 0.05) is 12.2 Å². The second-order valence-corrected chi connectivity index (χ2v) is 4.76. The molecule has 1 aromatic heterocycles. The van der Waals surface area contributed by atoms with Gasteiger partial charge in [-0.25, -0.2) is 0 Å². The number of aromatic nitrogens is 2. The van der Waals surface area contributed by atoms with E-state index >= 15 is 0 Å². The molecule has 0 aliphatic rings. The highest BCUT2D eigenvalue weighted by atomic mass is 16.5. The monoisotopic (exact) mass is 288 g/mol. The summed E-state index contributed by atoms with van der Waals surface area (Å²) in [5.41, 5.74) is 2.35. The van der Waals surface area contributed by atoms with E-state index in [1.165, 1.54) is 0 Å². The number of nitrogens with zero attached hydrogens (tertiary/aromatic N) is 2. The van der Waals surface area contributed by atoms with Crippen LogP contribution < -0.4 is 9.47 Å². The minimum absolute atomic E-state index is 0.0136. The topological polar surface area (TPSA) is 53.4 Å². The van der Waals surface area contributed by atoms with Crippen LogP contribution in [0.2, 0.25) is 0 Å². The first-order chi connectivity index (χ1) is 10.1. The van der Waals surface area contributed by atoms with Gasteiger partial charge in [-0.1, -0.05) is 0 Å². The van der Waals surface area contributed by atoms with Gasteiger partial charge in [0.05, 0.1) is 31.9 Å². The summed E-state index contributed by atoms with van der Waals surface area (Å²) in [6, 6.07) is 7.17. The van der Waals surface area contributed by atoms with Crippen LogP contribution in [0.4, 0.5) is 0 Å². The molecular formula is C16H20N2O3. The van der Waals surface area contributed by atoms with Crippen LogP contribution in [0.5, 0.6) is 11.5 Å². The average Bonchev–Trinajstić information content (AvgIpc) is 2.86. The molecular weight excluding hydrogens is 268 g/mol. The summed E-state index contributed by atoms with van der Waals surface area (Å²) in [7, 11) is 3.13. The number of rotatable bonds is 6. The lowest BCUT2D eigenvalue weighted by Crippen LogP contribution is -2.11. The number of carbonyl (C=O) groups excluding carboxylic acids is 1. The van der Waals surface area contributed by atoms with Crippen molar-refractivity contribution >= 4 is 5.78 Å². The summed E-state index contributed by atoms with van der Waals surface area (Å²) >= 11 is 0. The van der Waals surface area contributed by atoms with Crippen LogP contribution in [-0.2, 0) is 13.0 Å². The molecule has 0 fully saturated rings. The Bertz CT molecular complexity index is 647. The van der Waals surface area contributed by atoms with Crippen molar-refractivity contribution in [3.8, 4) is 11.5 Å². The van der Waals surface area contributed by atoms with Crippen LogP contribution in [-0.4, -0.2) is 29.8 Å². The number of benzene rings is 1. The Balaban J connectivity index is 2.31. The molecule has 5 nitrogen and oxygen atoms in total. The third-order valence-electron chi connectivity index (χ3n) is 3.33. The zero-order valence-corrected chi connectivity index (χ0v) is 12.8. The van der Waals surface area contributed by atoms with Crippen molar-refractivity contribution < 1.29 is 14.3 Å². The lowest BCUT2D eigenvalue weighted by atomic mass is 10.0. The van der Waals surface area contributed by atoms with Gasteiger partial charge in [0.15, 0.2) is 5.78 Å². The van der Waals surface area contributed by atoms with Crippen molar-refractivity contribution in [2.45, 2.75) is 26.8 Å². The van der Waals surface area contributed by atoms with E-state index in [9.17, 15) is 4.79 Å². The summed E-state index contributed by atoms with van der Waals surface area (Å²) in [5.74, 6) is 1.18. The molecule has 2 aromatic rings. The molecule has 0 spiro atoms. The number of hydrogen-bond donors (Lipinski definition) is 0. The maximum Gasteiger partial charge on any atom is 0.172 e. The number of methoxy groups -OCH3 is 2. The molecule has 0 radical (unpaired) electrons. The fourth-order valence-corrected chi connectivity index (χ4v) is 2.31. The number of ketones is 1. The van der Waals surface area contributed by atoms with Gasteiger partial charge in [0.2, 0.25) is 0 Å². The standard InChI is InChI=1S/C16H20N2O3/c1-5-18-12(8-11(2)17-18)9-15(19)14-10-13(20-3)6-7-16(14)21-4/h6-8,10H,5,9H2,1-4H3. The summed E-state index contributed by atoms with van der Waals surface area (Å²) in [6.07, 6.45) is 0.290. The molecule has 0 atom stereocenters. The van der Waals surface area contributed by atoms with Crippen molar-refractivity contribution in [3.63, 3.8) is 0 Å². The van der Waals surface area contributed by atoms with Gasteiger partial charge in [0.25, 0.3) is 0 Å². The molecule has 5 heteroatoms. The molecule has 112 valence electrons. The predicted molar refractivity (Wildman–Crippen MR) is 80.2 cm³/mol. The third-order valence-corrected chi connectivity index (χ3v) is 3.33. The second kappa shape index (κ2) is 6.43. The van der Waals surface area contributed by atoms with Crippen molar-refractivity contribution in [2.75, 3.05) is 14.2 Å². The Hall–Kier alpha value is -2.30. The lowest BCUT2D eigenvalue weighted by Gasteiger charge is -2.10. The fraction of sp³-hybridized carbons (Fsp3) is 0.375. The Labute approximate surface area is 124 Å².